The summed E-state index contributed by atoms with van der Waals surface area (Å²) in [5.41, 5.74) is 5.35. The van der Waals surface area contributed by atoms with Gasteiger partial charge in [-0.15, -0.1) is 0 Å². The molecule has 4 nitrogen and oxygen atoms in total. The van der Waals surface area contributed by atoms with Crippen LogP contribution in [-0.2, 0) is 4.79 Å². The van der Waals surface area contributed by atoms with Crippen LogP contribution in [0.15, 0.2) is 0 Å². The van der Waals surface area contributed by atoms with Crippen LogP contribution in [0.1, 0.15) is 32.1 Å². The molecule has 0 saturated carbocycles. The molecule has 2 aliphatic heterocycles. The maximum absolute atomic E-state index is 11.1. The SMILES string of the molecule is NC(=O)C1CCN(CCCN[C@H]2CCCSC2)CC1. The summed E-state index contributed by atoms with van der Waals surface area (Å²) >= 11 is 2.08. The minimum absolute atomic E-state index is 0.115. The van der Waals surface area contributed by atoms with Gasteiger partial charge in [-0.3, -0.25) is 4.79 Å². The topological polar surface area (TPSA) is 58.4 Å². The van der Waals surface area contributed by atoms with Gasteiger partial charge in [-0.2, -0.15) is 11.8 Å². The van der Waals surface area contributed by atoms with Crippen molar-refractivity contribution in [2.45, 2.75) is 38.1 Å². The van der Waals surface area contributed by atoms with Crippen LogP contribution in [0.4, 0.5) is 0 Å². The number of nitrogens with one attached hydrogen (secondary N) is 1. The van der Waals surface area contributed by atoms with Crippen LogP contribution < -0.4 is 11.1 Å². The van der Waals surface area contributed by atoms with Gasteiger partial charge in [0.1, 0.15) is 0 Å². The third-order valence-electron chi connectivity index (χ3n) is 4.23. The molecule has 0 aromatic heterocycles. The van der Waals surface area contributed by atoms with Crippen molar-refractivity contribution in [3.8, 4) is 0 Å². The zero-order valence-electron chi connectivity index (χ0n) is 11.8. The van der Waals surface area contributed by atoms with Crippen LogP contribution in [0.5, 0.6) is 0 Å². The summed E-state index contributed by atoms with van der Waals surface area (Å²) < 4.78 is 0. The van der Waals surface area contributed by atoms with Gasteiger partial charge in [0.25, 0.3) is 0 Å². The Kier molecular flexibility index (Phi) is 6.47. The highest BCUT2D eigenvalue weighted by molar-refractivity contribution is 7.99. The molecular weight excluding hydrogens is 258 g/mol. The van der Waals surface area contributed by atoms with Crippen molar-refractivity contribution in [3.63, 3.8) is 0 Å². The fraction of sp³-hybridized carbons (Fsp3) is 0.929. The van der Waals surface area contributed by atoms with E-state index < -0.39 is 0 Å². The molecule has 110 valence electrons. The van der Waals surface area contributed by atoms with E-state index in [9.17, 15) is 4.79 Å². The third kappa shape index (κ3) is 5.32. The number of carbonyl (C=O) groups excluding carboxylic acids is 1. The monoisotopic (exact) mass is 285 g/mol. The summed E-state index contributed by atoms with van der Waals surface area (Å²) in [7, 11) is 0. The van der Waals surface area contributed by atoms with E-state index in [2.05, 4.69) is 22.0 Å². The molecule has 0 bridgehead atoms. The Morgan fingerprint density at radius 3 is 2.74 bits per heavy atom. The van der Waals surface area contributed by atoms with Gasteiger partial charge < -0.3 is 16.0 Å². The normalized spacial score (nSPS) is 26.4. The van der Waals surface area contributed by atoms with Crippen molar-refractivity contribution < 1.29 is 4.79 Å². The van der Waals surface area contributed by atoms with Crippen molar-refractivity contribution in [1.29, 1.82) is 0 Å². The van der Waals surface area contributed by atoms with Crippen molar-refractivity contribution in [1.82, 2.24) is 10.2 Å². The standard InChI is InChI=1S/C14H27N3OS/c15-14(18)12-4-8-17(9-5-12)7-2-6-16-13-3-1-10-19-11-13/h12-13,16H,1-11H2,(H2,15,18)/t13-/m0/s1. The lowest BCUT2D eigenvalue weighted by Gasteiger charge is -2.30. The van der Waals surface area contributed by atoms with E-state index in [1.807, 2.05) is 0 Å². The molecule has 5 heteroatoms. The Morgan fingerprint density at radius 1 is 1.32 bits per heavy atom. The van der Waals surface area contributed by atoms with Crippen LogP contribution in [0.25, 0.3) is 0 Å². The molecule has 2 rings (SSSR count). The maximum Gasteiger partial charge on any atom is 0.220 e. The van der Waals surface area contributed by atoms with Crippen LogP contribution in [-0.4, -0.2) is 54.5 Å². The molecule has 0 aliphatic carbocycles. The van der Waals surface area contributed by atoms with Crippen molar-refractivity contribution in [3.05, 3.63) is 0 Å². The second kappa shape index (κ2) is 8.12. The van der Waals surface area contributed by atoms with E-state index in [0.29, 0.717) is 0 Å². The Balaban J connectivity index is 1.51. The first-order valence-electron chi connectivity index (χ1n) is 7.58. The highest BCUT2D eigenvalue weighted by atomic mass is 32.2. The van der Waals surface area contributed by atoms with E-state index in [1.54, 1.807) is 0 Å². The number of likely N-dealkylation sites (tertiary alicyclic amines) is 1. The van der Waals surface area contributed by atoms with Crippen molar-refractivity contribution >= 4 is 17.7 Å². The number of primary amides is 1. The van der Waals surface area contributed by atoms with Crippen LogP contribution in [0.2, 0.25) is 0 Å². The number of nitrogens with zero attached hydrogens (tertiary/aromatic N) is 1. The number of carbonyl (C=O) groups is 1. The number of rotatable bonds is 6. The average Bonchev–Trinajstić information content (AvgIpc) is 2.45. The lowest BCUT2D eigenvalue weighted by Crippen LogP contribution is -2.40. The molecule has 2 fully saturated rings. The molecule has 0 unspecified atom stereocenters. The average molecular weight is 285 g/mol. The maximum atomic E-state index is 11.1. The minimum atomic E-state index is -0.115. The fourth-order valence-electron chi connectivity index (χ4n) is 2.95. The molecule has 3 N–H and O–H groups in total. The molecular formula is C14H27N3OS. The second-order valence-electron chi connectivity index (χ2n) is 5.74. The third-order valence-corrected chi connectivity index (χ3v) is 5.45. The minimum Gasteiger partial charge on any atom is -0.369 e. The van der Waals surface area contributed by atoms with Gasteiger partial charge >= 0.3 is 0 Å². The van der Waals surface area contributed by atoms with Gasteiger partial charge in [0.15, 0.2) is 0 Å². The smallest absolute Gasteiger partial charge is 0.220 e. The van der Waals surface area contributed by atoms with Crippen LogP contribution in [0, 0.1) is 5.92 Å². The van der Waals surface area contributed by atoms with Crippen molar-refractivity contribution in [2.24, 2.45) is 11.7 Å². The van der Waals surface area contributed by atoms with Crippen LogP contribution in [0.3, 0.4) is 0 Å². The highest BCUT2D eigenvalue weighted by Gasteiger charge is 2.22. The molecule has 2 heterocycles. The fourth-order valence-corrected chi connectivity index (χ4v) is 4.06. The van der Waals surface area contributed by atoms with Crippen LogP contribution >= 0.6 is 11.8 Å². The summed E-state index contributed by atoms with van der Waals surface area (Å²) in [6.07, 6.45) is 5.81. The molecule has 1 atom stereocenters. The lowest BCUT2D eigenvalue weighted by molar-refractivity contribution is -0.123. The number of hydrogen-bond acceptors (Lipinski definition) is 4. The summed E-state index contributed by atoms with van der Waals surface area (Å²) in [6.45, 7) is 4.35. The van der Waals surface area contributed by atoms with Gasteiger partial charge in [-0.25, -0.2) is 0 Å². The largest absolute Gasteiger partial charge is 0.369 e. The van der Waals surface area contributed by atoms with Gasteiger partial charge in [0.05, 0.1) is 0 Å². The Bertz CT molecular complexity index is 274. The number of thioether (sulfide) groups is 1. The quantitative estimate of drug-likeness (QED) is 0.717. The van der Waals surface area contributed by atoms with E-state index in [1.165, 1.54) is 30.8 Å². The lowest BCUT2D eigenvalue weighted by atomic mass is 9.96. The first kappa shape index (κ1) is 15.1. The van der Waals surface area contributed by atoms with Gasteiger partial charge in [0.2, 0.25) is 5.91 Å². The summed E-state index contributed by atoms with van der Waals surface area (Å²) in [5, 5.41) is 3.67. The first-order valence-corrected chi connectivity index (χ1v) is 8.74. The van der Waals surface area contributed by atoms with E-state index in [0.717, 1.165) is 45.1 Å². The molecule has 19 heavy (non-hydrogen) atoms. The zero-order chi connectivity index (χ0) is 13.5. The molecule has 0 radical (unpaired) electrons. The Labute approximate surface area is 120 Å². The molecule has 0 aromatic rings. The molecule has 2 aliphatic rings. The van der Waals surface area contributed by atoms with E-state index in [-0.39, 0.29) is 11.8 Å². The van der Waals surface area contributed by atoms with Gasteiger partial charge in [-0.05, 0) is 64.0 Å². The summed E-state index contributed by atoms with van der Waals surface area (Å²) in [5.74, 6) is 2.63. The molecule has 2 saturated heterocycles. The molecule has 1 amide bonds. The zero-order valence-corrected chi connectivity index (χ0v) is 12.6. The van der Waals surface area contributed by atoms with Crippen molar-refractivity contribution in [2.75, 3.05) is 37.7 Å². The first-order chi connectivity index (χ1) is 9.25. The van der Waals surface area contributed by atoms with Gasteiger partial charge in [-0.1, -0.05) is 0 Å². The number of piperidine rings is 1. The number of hydrogen-bond donors (Lipinski definition) is 2. The summed E-state index contributed by atoms with van der Waals surface area (Å²) in [4.78, 5) is 13.6. The second-order valence-corrected chi connectivity index (χ2v) is 6.89. The van der Waals surface area contributed by atoms with E-state index >= 15 is 0 Å². The molecule has 0 spiro atoms. The van der Waals surface area contributed by atoms with Gasteiger partial charge in [0, 0.05) is 17.7 Å². The highest BCUT2D eigenvalue weighted by Crippen LogP contribution is 2.18. The van der Waals surface area contributed by atoms with E-state index in [4.69, 9.17) is 5.73 Å². The summed E-state index contributed by atoms with van der Waals surface area (Å²) in [6, 6.07) is 0.736. The Morgan fingerprint density at radius 2 is 2.11 bits per heavy atom. The predicted molar refractivity (Wildman–Crippen MR) is 81.3 cm³/mol. The Hall–Kier alpha value is -0.260. The molecule has 0 aromatic carbocycles. The predicted octanol–water partition coefficient (Wildman–Crippen LogP) is 1.06. The number of nitrogens with two attached hydrogens (primary N) is 1. The number of amides is 1.